The molecule has 0 radical (unpaired) electrons. The third kappa shape index (κ3) is 4.32. The average Bonchev–Trinajstić information content (AvgIpc) is 2.29. The Morgan fingerprint density at radius 2 is 2.17 bits per heavy atom. The third-order valence-electron chi connectivity index (χ3n) is 2.18. The molecule has 0 saturated carbocycles. The van der Waals surface area contributed by atoms with Crippen molar-refractivity contribution in [1.29, 1.82) is 0 Å². The lowest BCUT2D eigenvalue weighted by Crippen LogP contribution is -2.32. The zero-order valence-corrected chi connectivity index (χ0v) is 9.41. The SMILES string of the molecule is N[C@@H](Cc1ccc(OCB(O)O)cc1F)C(=O)O. The van der Waals surface area contributed by atoms with Gasteiger partial charge in [0.1, 0.15) is 24.1 Å². The topological polar surface area (TPSA) is 113 Å². The van der Waals surface area contributed by atoms with Crippen molar-refractivity contribution in [3.63, 3.8) is 0 Å². The van der Waals surface area contributed by atoms with Crippen LogP contribution in [0, 0.1) is 5.82 Å². The summed E-state index contributed by atoms with van der Waals surface area (Å²) in [7, 11) is -1.65. The third-order valence-corrected chi connectivity index (χ3v) is 2.18. The van der Waals surface area contributed by atoms with Crippen molar-refractivity contribution in [3.8, 4) is 5.75 Å². The number of carboxylic acids is 1. The van der Waals surface area contributed by atoms with Crippen LogP contribution in [-0.4, -0.2) is 40.8 Å². The number of halogens is 1. The fourth-order valence-electron chi connectivity index (χ4n) is 1.28. The van der Waals surface area contributed by atoms with E-state index in [0.29, 0.717) is 0 Å². The van der Waals surface area contributed by atoms with E-state index in [0.717, 1.165) is 6.07 Å². The van der Waals surface area contributed by atoms with Crippen LogP contribution in [0.25, 0.3) is 0 Å². The van der Waals surface area contributed by atoms with Crippen molar-refractivity contribution in [2.24, 2.45) is 5.73 Å². The normalized spacial score (nSPS) is 12.0. The predicted molar refractivity (Wildman–Crippen MR) is 61.4 cm³/mol. The molecular weight excluding hydrogens is 244 g/mol. The van der Waals surface area contributed by atoms with Gasteiger partial charge in [-0.05, 0) is 11.6 Å². The number of hydrogen-bond acceptors (Lipinski definition) is 5. The summed E-state index contributed by atoms with van der Waals surface area (Å²) < 4.78 is 18.4. The Balaban J connectivity index is 2.70. The second kappa shape index (κ2) is 6.34. The van der Waals surface area contributed by atoms with E-state index >= 15 is 0 Å². The Kier molecular flexibility index (Phi) is 5.08. The highest BCUT2D eigenvalue weighted by atomic mass is 19.1. The molecule has 0 saturated heterocycles. The van der Waals surface area contributed by atoms with Crippen LogP contribution in [0.3, 0.4) is 0 Å². The van der Waals surface area contributed by atoms with Gasteiger partial charge in [-0.15, -0.1) is 0 Å². The zero-order chi connectivity index (χ0) is 13.7. The average molecular weight is 257 g/mol. The number of carbonyl (C=O) groups is 1. The molecule has 0 aromatic heterocycles. The molecule has 0 unspecified atom stereocenters. The van der Waals surface area contributed by atoms with Gasteiger partial charge in [0, 0.05) is 12.5 Å². The zero-order valence-electron chi connectivity index (χ0n) is 9.41. The molecule has 0 aliphatic heterocycles. The van der Waals surface area contributed by atoms with Gasteiger partial charge in [0.15, 0.2) is 0 Å². The van der Waals surface area contributed by atoms with E-state index in [-0.39, 0.29) is 24.2 Å². The van der Waals surface area contributed by atoms with E-state index in [1.807, 2.05) is 0 Å². The molecule has 1 rings (SSSR count). The van der Waals surface area contributed by atoms with E-state index < -0.39 is 24.9 Å². The highest BCUT2D eigenvalue weighted by Crippen LogP contribution is 2.17. The standard InChI is InChI=1S/C10H13BFNO5/c12-8-4-7(18-5-11(16)17)2-1-6(8)3-9(13)10(14)15/h1-2,4,9,16-17H,3,5,13H2,(H,14,15)/t9-/m0/s1. The molecular formula is C10H13BFNO5. The van der Waals surface area contributed by atoms with Crippen molar-refractivity contribution in [2.75, 3.05) is 6.51 Å². The van der Waals surface area contributed by atoms with Crippen molar-refractivity contribution >= 4 is 13.1 Å². The van der Waals surface area contributed by atoms with Crippen LogP contribution in [-0.2, 0) is 11.2 Å². The number of nitrogens with two attached hydrogens (primary N) is 1. The van der Waals surface area contributed by atoms with Gasteiger partial charge < -0.3 is 25.6 Å². The van der Waals surface area contributed by atoms with Crippen molar-refractivity contribution in [2.45, 2.75) is 12.5 Å². The minimum Gasteiger partial charge on any atom is -0.496 e. The van der Waals surface area contributed by atoms with Gasteiger partial charge in [-0.25, -0.2) is 4.39 Å². The minimum atomic E-state index is -1.65. The molecule has 0 bridgehead atoms. The summed E-state index contributed by atoms with van der Waals surface area (Å²) in [4.78, 5) is 10.5. The van der Waals surface area contributed by atoms with E-state index in [4.69, 9.17) is 25.6 Å². The molecule has 5 N–H and O–H groups in total. The van der Waals surface area contributed by atoms with E-state index in [2.05, 4.69) is 0 Å². The molecule has 18 heavy (non-hydrogen) atoms. The lowest BCUT2D eigenvalue weighted by atomic mass is 9.95. The number of hydrogen-bond donors (Lipinski definition) is 4. The fraction of sp³-hybridized carbons (Fsp3) is 0.300. The Labute approximate surface area is 103 Å². The molecule has 8 heteroatoms. The van der Waals surface area contributed by atoms with Gasteiger partial charge in [-0.1, -0.05) is 6.07 Å². The van der Waals surface area contributed by atoms with Crippen LogP contribution in [0.4, 0.5) is 4.39 Å². The molecule has 1 aromatic rings. The van der Waals surface area contributed by atoms with Gasteiger partial charge in [-0.3, -0.25) is 4.79 Å². The molecule has 0 spiro atoms. The summed E-state index contributed by atoms with van der Waals surface area (Å²) in [6.07, 6.45) is -0.135. The molecule has 98 valence electrons. The summed E-state index contributed by atoms with van der Waals surface area (Å²) in [6.45, 7) is -0.382. The Bertz CT molecular complexity index is 429. The van der Waals surface area contributed by atoms with Gasteiger partial charge in [0.25, 0.3) is 0 Å². The van der Waals surface area contributed by atoms with Crippen LogP contribution < -0.4 is 10.5 Å². The Morgan fingerprint density at radius 3 is 2.67 bits per heavy atom. The molecule has 1 atom stereocenters. The number of benzene rings is 1. The first kappa shape index (κ1) is 14.4. The molecule has 0 amide bonds. The van der Waals surface area contributed by atoms with Crippen LogP contribution >= 0.6 is 0 Å². The summed E-state index contributed by atoms with van der Waals surface area (Å²) in [6, 6.07) is 2.60. The number of carboxylic acid groups (broad SMARTS) is 1. The van der Waals surface area contributed by atoms with Crippen molar-refractivity contribution in [1.82, 2.24) is 0 Å². The van der Waals surface area contributed by atoms with Crippen molar-refractivity contribution in [3.05, 3.63) is 29.6 Å². The van der Waals surface area contributed by atoms with Crippen LogP contribution in [0.1, 0.15) is 5.56 Å². The van der Waals surface area contributed by atoms with Crippen LogP contribution in [0.5, 0.6) is 5.75 Å². The van der Waals surface area contributed by atoms with Gasteiger partial charge >= 0.3 is 13.1 Å². The first-order valence-electron chi connectivity index (χ1n) is 5.16. The molecule has 0 fully saturated rings. The second-order valence-electron chi connectivity index (χ2n) is 3.69. The lowest BCUT2D eigenvalue weighted by Gasteiger charge is -2.10. The van der Waals surface area contributed by atoms with Crippen LogP contribution in [0.15, 0.2) is 18.2 Å². The van der Waals surface area contributed by atoms with Gasteiger partial charge in [0.2, 0.25) is 0 Å². The quantitative estimate of drug-likeness (QED) is 0.495. The maximum absolute atomic E-state index is 13.5. The minimum absolute atomic E-state index is 0.119. The Hall–Kier alpha value is -1.64. The summed E-state index contributed by atoms with van der Waals surface area (Å²) in [5.74, 6) is -1.75. The number of rotatable bonds is 6. The highest BCUT2D eigenvalue weighted by molar-refractivity contribution is 6.40. The van der Waals surface area contributed by atoms with Gasteiger partial charge in [0.05, 0.1) is 0 Å². The van der Waals surface area contributed by atoms with Gasteiger partial charge in [-0.2, -0.15) is 0 Å². The first-order chi connectivity index (χ1) is 8.40. The predicted octanol–water partition coefficient (Wildman–Crippen LogP) is -0.829. The first-order valence-corrected chi connectivity index (χ1v) is 5.16. The molecule has 1 aromatic carbocycles. The molecule has 0 heterocycles. The smallest absolute Gasteiger partial charge is 0.491 e. The fourth-order valence-corrected chi connectivity index (χ4v) is 1.28. The summed E-state index contributed by atoms with van der Waals surface area (Å²) in [5.41, 5.74) is 5.44. The van der Waals surface area contributed by atoms with E-state index in [9.17, 15) is 9.18 Å². The van der Waals surface area contributed by atoms with Crippen LogP contribution in [0.2, 0.25) is 0 Å². The van der Waals surface area contributed by atoms with E-state index in [1.54, 1.807) is 0 Å². The number of aliphatic carboxylic acids is 1. The molecule has 0 aliphatic rings. The molecule has 0 aliphatic carbocycles. The summed E-state index contributed by atoms with van der Waals surface area (Å²) >= 11 is 0. The lowest BCUT2D eigenvalue weighted by molar-refractivity contribution is -0.138. The highest BCUT2D eigenvalue weighted by Gasteiger charge is 2.15. The molecule has 6 nitrogen and oxygen atoms in total. The van der Waals surface area contributed by atoms with Crippen molar-refractivity contribution < 1.29 is 29.1 Å². The number of ether oxygens (including phenoxy) is 1. The maximum Gasteiger partial charge on any atom is 0.491 e. The second-order valence-corrected chi connectivity index (χ2v) is 3.69. The van der Waals surface area contributed by atoms with E-state index in [1.165, 1.54) is 12.1 Å². The maximum atomic E-state index is 13.5. The Morgan fingerprint density at radius 1 is 1.50 bits per heavy atom. The monoisotopic (exact) mass is 257 g/mol. The summed E-state index contributed by atoms with van der Waals surface area (Å²) in [5, 5.41) is 25.8. The largest absolute Gasteiger partial charge is 0.496 e.